The van der Waals surface area contributed by atoms with E-state index in [-0.39, 0.29) is 55.3 Å². The molecule has 1 heterocycles. The zero-order valence-electron chi connectivity index (χ0n) is 48.6. The molecule has 0 fully saturated rings. The summed E-state index contributed by atoms with van der Waals surface area (Å²) < 4.78 is 41.4. The first-order valence-electron chi connectivity index (χ1n) is 26.9. The van der Waals surface area contributed by atoms with Gasteiger partial charge in [0.1, 0.15) is 36.5 Å². The maximum atomic E-state index is 13.5. The number of allylic oxidation sites excluding steroid dienone is 3. The number of cyclic esters (lactones) is 1. The predicted molar refractivity (Wildman–Crippen MR) is 292 cm³/mol. The monoisotopic (exact) mass is 1060 g/mol. The molecule has 0 radical (unpaired) electrons. The molecule has 0 aromatic rings. The molecule has 0 aromatic carbocycles. The van der Waals surface area contributed by atoms with E-state index in [0.717, 1.165) is 12.0 Å². The van der Waals surface area contributed by atoms with Crippen molar-refractivity contribution in [1.29, 1.82) is 0 Å². The highest BCUT2D eigenvalue weighted by molar-refractivity contribution is 5.82. The molecule has 3 N–H and O–H groups in total. The fourth-order valence-electron chi connectivity index (χ4n) is 9.29. The van der Waals surface area contributed by atoms with Crippen LogP contribution in [0.25, 0.3) is 0 Å². The minimum Gasteiger partial charge on any atom is -0.462 e. The molecule has 0 aromatic heterocycles. The van der Waals surface area contributed by atoms with Crippen molar-refractivity contribution < 1.29 is 67.3 Å². The van der Waals surface area contributed by atoms with Gasteiger partial charge in [-0.05, 0) is 103 Å². The van der Waals surface area contributed by atoms with Crippen LogP contribution in [0.15, 0.2) is 60.4 Å². The number of esters is 4. The molecule has 17 heteroatoms. The number of hydrogen-bond donors (Lipinski definition) is 3. The minimum atomic E-state index is -0.966. The summed E-state index contributed by atoms with van der Waals surface area (Å²) in [6.45, 7) is 18.8. The number of nitrogens with zero attached hydrogens (tertiary/aromatic N) is 2. The number of rotatable bonds is 23. The van der Waals surface area contributed by atoms with E-state index >= 15 is 0 Å². The number of aliphatic hydroxyl groups excluding tert-OH is 2. The van der Waals surface area contributed by atoms with Gasteiger partial charge in [-0.2, -0.15) is 0 Å². The number of nitrogens with one attached hydrogen (secondary N) is 1. The molecule has 1 aliphatic rings. The second-order valence-corrected chi connectivity index (χ2v) is 21.3. The van der Waals surface area contributed by atoms with E-state index in [1.807, 2.05) is 53.7 Å². The lowest BCUT2D eigenvalue weighted by Gasteiger charge is -2.35. The van der Waals surface area contributed by atoms with Crippen molar-refractivity contribution in [2.24, 2.45) is 41.4 Å². The van der Waals surface area contributed by atoms with Crippen LogP contribution >= 0.6 is 0 Å². The summed E-state index contributed by atoms with van der Waals surface area (Å²) in [6.07, 6.45) is 15.3. The number of likely N-dealkylation sites (N-methyl/N-ethyl adjacent to an activating group) is 2. The number of amides is 1. The van der Waals surface area contributed by atoms with Crippen molar-refractivity contribution in [1.82, 2.24) is 15.1 Å². The number of ether oxygens (including phenoxy) is 7. The molecule has 0 spiro atoms. The highest BCUT2D eigenvalue weighted by Gasteiger charge is 2.38. The van der Waals surface area contributed by atoms with Crippen LogP contribution in [0.1, 0.15) is 121 Å². The minimum absolute atomic E-state index is 0.127. The van der Waals surface area contributed by atoms with Crippen molar-refractivity contribution in [3.05, 3.63) is 60.4 Å². The number of hydrogen-bond acceptors (Lipinski definition) is 16. The molecule has 17 nitrogen and oxygen atoms in total. The molecule has 75 heavy (non-hydrogen) atoms. The summed E-state index contributed by atoms with van der Waals surface area (Å²) in [5, 5.41) is 26.4. The van der Waals surface area contributed by atoms with Crippen LogP contribution < -0.4 is 5.32 Å². The van der Waals surface area contributed by atoms with Crippen LogP contribution in [0.3, 0.4) is 0 Å². The summed E-state index contributed by atoms with van der Waals surface area (Å²) in [7, 11) is 11.7. The van der Waals surface area contributed by atoms with Gasteiger partial charge >= 0.3 is 23.9 Å². The van der Waals surface area contributed by atoms with E-state index in [4.69, 9.17) is 33.2 Å². The Kier molecular flexibility index (Phi) is 33.7. The van der Waals surface area contributed by atoms with E-state index in [9.17, 15) is 34.2 Å². The second-order valence-electron chi connectivity index (χ2n) is 21.3. The third-order valence-corrected chi connectivity index (χ3v) is 14.9. The lowest BCUT2D eigenvalue weighted by atomic mass is 9.82. The summed E-state index contributed by atoms with van der Waals surface area (Å²) in [6, 6.07) is -1.25. The molecule has 1 rings (SSSR count). The van der Waals surface area contributed by atoms with E-state index in [1.165, 1.54) is 25.0 Å². The fraction of sp³-hybridized carbons (Fsp3) is 0.741. The molecule has 0 saturated carbocycles. The second kappa shape index (κ2) is 36.7. The third-order valence-electron chi connectivity index (χ3n) is 14.9. The standard InChI is InChI=1S/C58H99N3O14/c1-37-26-27-38(2)50(71-17)30-29-40(4)55(75-58(68)48(59-11)35-69-15)42(6)49(64)23-19-18-20-25-53(65)73-51(24-21-22-47(34-37)70-16)43(7)54(66)39(3)28-31-52(74-57(67)45(9)60(12)13)44(8)56(72-46(10)63)41(5)32-33-61(14)36-62/h18-22,25,27,32-33,36-37,39-45,47-52,54-56,59,64,66H,23-24,26,28-31,34-35H2,1-17H3. The van der Waals surface area contributed by atoms with Gasteiger partial charge in [-0.15, -0.1) is 0 Å². The first kappa shape index (κ1) is 68.8. The predicted octanol–water partition coefficient (Wildman–Crippen LogP) is 7.39. The number of carbonyl (C=O) groups excluding carboxylic acids is 5. The Bertz CT molecular complexity index is 1840. The van der Waals surface area contributed by atoms with Crippen molar-refractivity contribution in [2.45, 2.75) is 182 Å². The maximum absolute atomic E-state index is 13.5. The van der Waals surface area contributed by atoms with Crippen LogP contribution in [0.2, 0.25) is 0 Å². The largest absolute Gasteiger partial charge is 0.462 e. The van der Waals surface area contributed by atoms with Gasteiger partial charge < -0.3 is 53.6 Å². The van der Waals surface area contributed by atoms with Crippen molar-refractivity contribution in [2.75, 3.05) is 56.1 Å². The molecule has 1 aliphatic heterocycles. The third kappa shape index (κ3) is 25.2. The SMILES string of the molecule is CNC(COC)C(=O)OC1C(C)CCC(OC)C(C)=CCC(C)CC(OC)C=CCC(C(C)C(O)C(C)CCC(OC(=O)C(C)N(C)C)C(C)C(OC(C)=O)C(C)C=CN(C)C=O)OC(=O)C=CC=CCC(O)C1C. The molecule has 430 valence electrons. The van der Waals surface area contributed by atoms with Crippen molar-refractivity contribution >= 4 is 30.3 Å². The Hall–Kier alpha value is -4.23. The van der Waals surface area contributed by atoms with Crippen LogP contribution in [-0.4, -0.2) is 167 Å². The van der Waals surface area contributed by atoms with Crippen LogP contribution in [0.4, 0.5) is 0 Å². The molecule has 0 aliphatic carbocycles. The van der Waals surface area contributed by atoms with Gasteiger partial charge in [-0.3, -0.25) is 24.1 Å². The Labute approximate surface area is 450 Å². The first-order chi connectivity index (χ1) is 35.4. The van der Waals surface area contributed by atoms with Crippen LogP contribution in [-0.2, 0) is 57.1 Å². The van der Waals surface area contributed by atoms with Gasteiger partial charge in [0.2, 0.25) is 6.41 Å². The smallest absolute Gasteiger partial charge is 0.331 e. The molecular weight excluding hydrogens is 963 g/mol. The van der Waals surface area contributed by atoms with Crippen molar-refractivity contribution in [3.63, 3.8) is 0 Å². The average Bonchev–Trinajstić information content (AvgIpc) is 3.38. The van der Waals surface area contributed by atoms with Crippen molar-refractivity contribution in [3.8, 4) is 0 Å². The van der Waals surface area contributed by atoms with E-state index in [0.29, 0.717) is 38.5 Å². The lowest BCUT2D eigenvalue weighted by molar-refractivity contribution is -0.166. The maximum Gasteiger partial charge on any atom is 0.331 e. The number of aliphatic hydroxyl groups is 2. The van der Waals surface area contributed by atoms with Gasteiger partial charge in [-0.1, -0.05) is 91.0 Å². The molecule has 0 bridgehead atoms. The van der Waals surface area contributed by atoms with E-state index in [2.05, 4.69) is 25.2 Å². The molecule has 17 unspecified atom stereocenters. The highest BCUT2D eigenvalue weighted by Crippen LogP contribution is 2.32. The Morgan fingerprint density at radius 2 is 1.60 bits per heavy atom. The summed E-state index contributed by atoms with van der Waals surface area (Å²) in [5.41, 5.74) is 1.09. The highest BCUT2D eigenvalue weighted by atomic mass is 16.6. The van der Waals surface area contributed by atoms with E-state index in [1.54, 1.807) is 84.7 Å². The quantitative estimate of drug-likeness (QED) is 0.0394. The molecular formula is C58H99N3O14. The normalized spacial score (nSPS) is 26.8. The van der Waals surface area contributed by atoms with Crippen LogP contribution in [0, 0.1) is 41.4 Å². The number of carbonyl (C=O) groups is 5. The molecule has 1 amide bonds. The van der Waals surface area contributed by atoms with Gasteiger partial charge in [0.25, 0.3) is 0 Å². The molecule has 17 atom stereocenters. The first-order valence-corrected chi connectivity index (χ1v) is 26.9. The summed E-state index contributed by atoms with van der Waals surface area (Å²) in [4.78, 5) is 67.2. The average molecular weight is 1060 g/mol. The van der Waals surface area contributed by atoms with Gasteiger partial charge in [0.05, 0.1) is 31.0 Å². The zero-order chi connectivity index (χ0) is 56.9. The Morgan fingerprint density at radius 1 is 0.920 bits per heavy atom. The lowest BCUT2D eigenvalue weighted by Crippen LogP contribution is -2.45. The van der Waals surface area contributed by atoms with E-state index < -0.39 is 90.3 Å². The van der Waals surface area contributed by atoms with Gasteiger partial charge in [0, 0.05) is 77.7 Å². The fourth-order valence-corrected chi connectivity index (χ4v) is 9.29. The molecule has 0 saturated heterocycles. The Morgan fingerprint density at radius 3 is 2.19 bits per heavy atom. The topological polar surface area (TPSA) is 209 Å². The number of methoxy groups -OCH3 is 3. The Balaban J connectivity index is 3.62. The van der Waals surface area contributed by atoms with Gasteiger partial charge in [-0.25, -0.2) is 4.79 Å². The van der Waals surface area contributed by atoms with Crippen LogP contribution in [0.5, 0.6) is 0 Å². The summed E-state index contributed by atoms with van der Waals surface area (Å²) in [5.74, 6) is -4.17. The zero-order valence-corrected chi connectivity index (χ0v) is 48.6. The summed E-state index contributed by atoms with van der Waals surface area (Å²) >= 11 is 0. The van der Waals surface area contributed by atoms with Gasteiger partial charge in [0.15, 0.2) is 0 Å².